The van der Waals surface area contributed by atoms with Gasteiger partial charge in [0, 0.05) is 25.0 Å². The predicted molar refractivity (Wildman–Crippen MR) is 56.7 cm³/mol. The number of H-pyrrole nitrogens is 1. The van der Waals surface area contributed by atoms with E-state index < -0.39 is 5.97 Å². The van der Waals surface area contributed by atoms with Gasteiger partial charge < -0.3 is 15.0 Å². The molecule has 2 atom stereocenters. The van der Waals surface area contributed by atoms with E-state index in [1.54, 1.807) is 0 Å². The van der Waals surface area contributed by atoms with Crippen LogP contribution in [0.1, 0.15) is 12.0 Å². The van der Waals surface area contributed by atoms with E-state index in [9.17, 15) is 4.79 Å². The molecule has 0 aromatic carbocycles. The quantitative estimate of drug-likeness (QED) is 0.757. The molecule has 1 fully saturated rings. The first-order chi connectivity index (χ1) is 7.18. The number of aromatic nitrogens is 1. The third-order valence-corrected chi connectivity index (χ3v) is 3.06. The van der Waals surface area contributed by atoms with E-state index in [1.807, 2.05) is 19.4 Å². The van der Waals surface area contributed by atoms with Crippen molar-refractivity contribution >= 4 is 5.97 Å². The second-order valence-corrected chi connectivity index (χ2v) is 4.20. The van der Waals surface area contributed by atoms with Crippen LogP contribution in [-0.4, -0.2) is 40.6 Å². The van der Waals surface area contributed by atoms with Crippen molar-refractivity contribution in [2.45, 2.75) is 18.9 Å². The van der Waals surface area contributed by atoms with Crippen LogP contribution in [0.3, 0.4) is 0 Å². The molecule has 1 saturated carbocycles. The van der Waals surface area contributed by atoms with E-state index >= 15 is 0 Å². The van der Waals surface area contributed by atoms with Crippen molar-refractivity contribution in [1.29, 1.82) is 0 Å². The van der Waals surface area contributed by atoms with E-state index in [4.69, 9.17) is 5.11 Å². The summed E-state index contributed by atoms with van der Waals surface area (Å²) in [6.45, 7) is 0.923. The Labute approximate surface area is 88.9 Å². The highest BCUT2D eigenvalue weighted by molar-refractivity contribution is 5.74. The molecule has 4 nitrogen and oxygen atoms in total. The Morgan fingerprint density at radius 2 is 2.53 bits per heavy atom. The molecule has 0 spiro atoms. The number of hydrogen-bond donors (Lipinski definition) is 2. The molecule has 2 unspecified atom stereocenters. The molecule has 1 aliphatic carbocycles. The van der Waals surface area contributed by atoms with Gasteiger partial charge in [0.05, 0.1) is 5.92 Å². The zero-order valence-electron chi connectivity index (χ0n) is 8.81. The number of likely N-dealkylation sites (N-methyl/N-ethyl adjacent to an activating group) is 1. The molecule has 0 amide bonds. The maximum atomic E-state index is 10.7. The van der Waals surface area contributed by atoms with Crippen molar-refractivity contribution in [2.75, 3.05) is 13.6 Å². The summed E-state index contributed by atoms with van der Waals surface area (Å²) >= 11 is 0. The molecular formula is C11H16N2O2. The molecule has 1 aromatic heterocycles. The summed E-state index contributed by atoms with van der Waals surface area (Å²) in [6.07, 6.45) is 5.67. The molecule has 1 heterocycles. The summed E-state index contributed by atoms with van der Waals surface area (Å²) in [5.74, 6) is -0.797. The summed E-state index contributed by atoms with van der Waals surface area (Å²) in [5, 5.41) is 8.79. The van der Waals surface area contributed by atoms with Crippen molar-refractivity contribution in [3.05, 3.63) is 24.0 Å². The molecule has 0 radical (unpaired) electrons. The first-order valence-corrected chi connectivity index (χ1v) is 5.23. The molecule has 0 aliphatic heterocycles. The van der Waals surface area contributed by atoms with Crippen LogP contribution in [0.15, 0.2) is 18.5 Å². The molecule has 0 bridgehead atoms. The standard InChI is InChI=1S/C11H16N2O2/c1-13(10-6-9(10)11(14)15)5-3-8-2-4-12-7-8/h2,4,7,9-10,12H,3,5-6H2,1H3,(H,14,15). The van der Waals surface area contributed by atoms with Crippen LogP contribution in [0.5, 0.6) is 0 Å². The average Bonchev–Trinajstić information content (AvgIpc) is 2.85. The summed E-state index contributed by atoms with van der Waals surface area (Å²) in [7, 11) is 2.00. The number of carboxylic acid groups (broad SMARTS) is 1. The van der Waals surface area contributed by atoms with Gasteiger partial charge in [0.1, 0.15) is 0 Å². The molecule has 1 aliphatic rings. The minimum Gasteiger partial charge on any atom is -0.481 e. The lowest BCUT2D eigenvalue weighted by molar-refractivity contribution is -0.138. The lowest BCUT2D eigenvalue weighted by Gasteiger charge is -2.15. The zero-order valence-corrected chi connectivity index (χ0v) is 8.81. The van der Waals surface area contributed by atoms with Crippen LogP contribution in [-0.2, 0) is 11.2 Å². The third-order valence-electron chi connectivity index (χ3n) is 3.06. The maximum Gasteiger partial charge on any atom is 0.308 e. The molecule has 0 saturated heterocycles. The van der Waals surface area contributed by atoms with Crippen molar-refractivity contribution in [3.8, 4) is 0 Å². The predicted octanol–water partition coefficient (Wildman–Crippen LogP) is 0.962. The van der Waals surface area contributed by atoms with Gasteiger partial charge in [-0.2, -0.15) is 0 Å². The van der Waals surface area contributed by atoms with E-state index in [0.29, 0.717) is 0 Å². The molecule has 15 heavy (non-hydrogen) atoms. The van der Waals surface area contributed by atoms with E-state index in [0.717, 1.165) is 19.4 Å². The maximum absolute atomic E-state index is 10.7. The minimum atomic E-state index is -0.659. The lowest BCUT2D eigenvalue weighted by atomic mass is 10.2. The van der Waals surface area contributed by atoms with Crippen LogP contribution < -0.4 is 0 Å². The highest BCUT2D eigenvalue weighted by Gasteiger charge is 2.45. The number of carbonyl (C=O) groups is 1. The number of hydrogen-bond acceptors (Lipinski definition) is 2. The molecule has 4 heteroatoms. The van der Waals surface area contributed by atoms with Crippen molar-refractivity contribution in [3.63, 3.8) is 0 Å². The molecule has 2 N–H and O–H groups in total. The first-order valence-electron chi connectivity index (χ1n) is 5.23. The van der Waals surface area contributed by atoms with Gasteiger partial charge in [-0.15, -0.1) is 0 Å². The second-order valence-electron chi connectivity index (χ2n) is 4.20. The highest BCUT2D eigenvalue weighted by Crippen LogP contribution is 2.34. The number of carboxylic acids is 1. The van der Waals surface area contributed by atoms with Gasteiger partial charge in [0.25, 0.3) is 0 Å². The monoisotopic (exact) mass is 208 g/mol. The van der Waals surface area contributed by atoms with Crippen molar-refractivity contribution in [1.82, 2.24) is 9.88 Å². The number of aromatic amines is 1. The van der Waals surface area contributed by atoms with Gasteiger partial charge in [0.2, 0.25) is 0 Å². The Bertz CT molecular complexity index is 334. The number of aliphatic carboxylic acids is 1. The number of rotatable bonds is 5. The van der Waals surface area contributed by atoms with E-state index in [2.05, 4.69) is 16.0 Å². The Hall–Kier alpha value is -1.29. The van der Waals surface area contributed by atoms with Gasteiger partial charge in [-0.25, -0.2) is 0 Å². The smallest absolute Gasteiger partial charge is 0.308 e. The summed E-state index contributed by atoms with van der Waals surface area (Å²) < 4.78 is 0. The molecule has 1 aromatic rings. The summed E-state index contributed by atoms with van der Waals surface area (Å²) in [6, 6.07) is 2.30. The summed E-state index contributed by atoms with van der Waals surface area (Å²) in [4.78, 5) is 15.8. The fourth-order valence-electron chi connectivity index (χ4n) is 1.92. The van der Waals surface area contributed by atoms with Crippen LogP contribution in [0.25, 0.3) is 0 Å². The van der Waals surface area contributed by atoms with Gasteiger partial charge in [-0.1, -0.05) is 0 Å². The molecule has 2 rings (SSSR count). The van der Waals surface area contributed by atoms with Crippen molar-refractivity contribution in [2.24, 2.45) is 5.92 Å². The Morgan fingerprint density at radius 3 is 3.07 bits per heavy atom. The first kappa shape index (κ1) is 10.2. The topological polar surface area (TPSA) is 56.3 Å². The lowest BCUT2D eigenvalue weighted by Crippen LogP contribution is -2.26. The third kappa shape index (κ3) is 2.39. The Balaban J connectivity index is 1.75. The Morgan fingerprint density at radius 1 is 1.73 bits per heavy atom. The van der Waals surface area contributed by atoms with Crippen molar-refractivity contribution < 1.29 is 9.90 Å². The average molecular weight is 208 g/mol. The SMILES string of the molecule is CN(CCc1cc[nH]c1)C1CC1C(=O)O. The fraction of sp³-hybridized carbons (Fsp3) is 0.545. The van der Waals surface area contributed by atoms with Crippen LogP contribution in [0, 0.1) is 5.92 Å². The minimum absolute atomic E-state index is 0.138. The van der Waals surface area contributed by atoms with Gasteiger partial charge in [-0.05, 0) is 31.5 Å². The van der Waals surface area contributed by atoms with E-state index in [-0.39, 0.29) is 12.0 Å². The Kier molecular flexibility index (Phi) is 2.77. The van der Waals surface area contributed by atoms with Crippen LogP contribution >= 0.6 is 0 Å². The van der Waals surface area contributed by atoms with E-state index in [1.165, 1.54) is 5.56 Å². The van der Waals surface area contributed by atoms with Gasteiger partial charge >= 0.3 is 5.97 Å². The highest BCUT2D eigenvalue weighted by atomic mass is 16.4. The number of nitrogens with one attached hydrogen (secondary N) is 1. The fourth-order valence-corrected chi connectivity index (χ4v) is 1.92. The molecular weight excluding hydrogens is 192 g/mol. The second kappa shape index (κ2) is 4.06. The van der Waals surface area contributed by atoms with Gasteiger partial charge in [-0.3, -0.25) is 4.79 Å². The normalized spacial score (nSPS) is 24.4. The van der Waals surface area contributed by atoms with Crippen LogP contribution in [0.4, 0.5) is 0 Å². The zero-order chi connectivity index (χ0) is 10.8. The largest absolute Gasteiger partial charge is 0.481 e. The van der Waals surface area contributed by atoms with Crippen LogP contribution in [0.2, 0.25) is 0 Å². The number of nitrogens with zero attached hydrogens (tertiary/aromatic N) is 1. The summed E-state index contributed by atoms with van der Waals surface area (Å²) in [5.41, 5.74) is 1.27. The van der Waals surface area contributed by atoms with Gasteiger partial charge in [0.15, 0.2) is 0 Å². The molecule has 82 valence electrons.